The number of aryl methyl sites for hydroxylation is 1. The standard InChI is InChI=1S/C12H10ClF2NO2/c13-6-5-11-16-7-10(17-11)8-3-1-2-4-9(8)18-12(14)15/h1-4,7,12H,5-6H2. The predicted octanol–water partition coefficient (Wildman–Crippen LogP) is 3.72. The van der Waals surface area contributed by atoms with E-state index in [0.29, 0.717) is 29.5 Å². The van der Waals surface area contributed by atoms with E-state index in [1.54, 1.807) is 18.2 Å². The molecule has 18 heavy (non-hydrogen) atoms. The number of aromatic nitrogens is 1. The summed E-state index contributed by atoms with van der Waals surface area (Å²) in [6.45, 7) is -2.88. The van der Waals surface area contributed by atoms with Gasteiger partial charge in [0.05, 0.1) is 11.8 Å². The molecule has 0 amide bonds. The van der Waals surface area contributed by atoms with Gasteiger partial charge in [-0.1, -0.05) is 12.1 Å². The monoisotopic (exact) mass is 273 g/mol. The predicted molar refractivity (Wildman–Crippen MR) is 63.0 cm³/mol. The van der Waals surface area contributed by atoms with Gasteiger partial charge in [0.1, 0.15) is 5.75 Å². The van der Waals surface area contributed by atoms with Gasteiger partial charge in [-0.15, -0.1) is 11.6 Å². The van der Waals surface area contributed by atoms with Gasteiger partial charge in [0.2, 0.25) is 0 Å². The molecule has 0 unspecified atom stereocenters. The van der Waals surface area contributed by atoms with Crippen LogP contribution in [0.4, 0.5) is 8.78 Å². The average molecular weight is 274 g/mol. The first-order valence-electron chi connectivity index (χ1n) is 5.25. The van der Waals surface area contributed by atoms with Gasteiger partial charge in [0, 0.05) is 12.3 Å². The molecule has 96 valence electrons. The van der Waals surface area contributed by atoms with Crippen molar-refractivity contribution in [2.75, 3.05) is 5.88 Å². The number of hydrogen-bond donors (Lipinski definition) is 0. The molecule has 0 saturated heterocycles. The van der Waals surface area contributed by atoms with Crippen molar-refractivity contribution < 1.29 is 17.9 Å². The number of benzene rings is 1. The Labute approximate surface area is 107 Å². The molecule has 2 aromatic rings. The molecule has 0 aliphatic carbocycles. The molecule has 3 nitrogen and oxygen atoms in total. The van der Waals surface area contributed by atoms with Gasteiger partial charge in [-0.2, -0.15) is 8.78 Å². The van der Waals surface area contributed by atoms with Crippen molar-refractivity contribution in [1.82, 2.24) is 4.98 Å². The zero-order valence-electron chi connectivity index (χ0n) is 9.28. The summed E-state index contributed by atoms with van der Waals surface area (Å²) in [5.74, 6) is 1.29. The Morgan fingerprint density at radius 1 is 1.33 bits per heavy atom. The average Bonchev–Trinajstić information content (AvgIpc) is 2.78. The lowest BCUT2D eigenvalue weighted by atomic mass is 10.1. The molecule has 0 spiro atoms. The number of alkyl halides is 3. The van der Waals surface area contributed by atoms with E-state index in [1.165, 1.54) is 12.3 Å². The van der Waals surface area contributed by atoms with Crippen LogP contribution in [0.25, 0.3) is 11.3 Å². The van der Waals surface area contributed by atoms with Gasteiger partial charge < -0.3 is 9.15 Å². The Balaban J connectivity index is 2.30. The van der Waals surface area contributed by atoms with Gasteiger partial charge in [0.25, 0.3) is 0 Å². The second-order valence-corrected chi connectivity index (χ2v) is 3.81. The van der Waals surface area contributed by atoms with E-state index < -0.39 is 6.61 Å². The van der Waals surface area contributed by atoms with E-state index in [0.717, 1.165) is 0 Å². The summed E-state index contributed by atoms with van der Waals surface area (Å²) < 4.78 is 34.3. The van der Waals surface area contributed by atoms with Gasteiger partial charge in [-0.3, -0.25) is 0 Å². The Morgan fingerprint density at radius 2 is 2.11 bits per heavy atom. The Kier molecular flexibility index (Phi) is 4.15. The van der Waals surface area contributed by atoms with E-state index in [4.69, 9.17) is 16.0 Å². The zero-order chi connectivity index (χ0) is 13.0. The maximum atomic E-state index is 12.3. The lowest BCUT2D eigenvalue weighted by Crippen LogP contribution is -2.02. The van der Waals surface area contributed by atoms with E-state index in [-0.39, 0.29) is 5.75 Å². The smallest absolute Gasteiger partial charge is 0.387 e. The third-order valence-corrected chi connectivity index (χ3v) is 2.42. The molecule has 0 bridgehead atoms. The van der Waals surface area contributed by atoms with Crippen LogP contribution in [0.2, 0.25) is 0 Å². The van der Waals surface area contributed by atoms with Crippen LogP contribution < -0.4 is 4.74 Å². The first-order chi connectivity index (χ1) is 8.70. The summed E-state index contributed by atoms with van der Waals surface area (Å²) in [7, 11) is 0. The molecule has 0 fully saturated rings. The molecule has 1 aromatic carbocycles. The van der Waals surface area contributed by atoms with Gasteiger partial charge >= 0.3 is 6.61 Å². The van der Waals surface area contributed by atoms with Gasteiger partial charge in [0.15, 0.2) is 11.7 Å². The summed E-state index contributed by atoms with van der Waals surface area (Å²) in [6.07, 6.45) is 1.95. The highest BCUT2D eigenvalue weighted by molar-refractivity contribution is 6.17. The maximum absolute atomic E-state index is 12.3. The van der Waals surface area contributed by atoms with Crippen molar-refractivity contribution in [2.45, 2.75) is 13.0 Å². The summed E-state index contributed by atoms with van der Waals surface area (Å²) in [4.78, 5) is 4.01. The minimum atomic E-state index is -2.88. The highest BCUT2D eigenvalue weighted by atomic mass is 35.5. The molecule has 6 heteroatoms. The van der Waals surface area contributed by atoms with Crippen molar-refractivity contribution in [3.05, 3.63) is 36.4 Å². The lowest BCUT2D eigenvalue weighted by Gasteiger charge is -2.07. The van der Waals surface area contributed by atoms with Crippen LogP contribution in [0.15, 0.2) is 34.9 Å². The second-order valence-electron chi connectivity index (χ2n) is 3.43. The fraction of sp³-hybridized carbons (Fsp3) is 0.250. The molecule has 0 N–H and O–H groups in total. The van der Waals surface area contributed by atoms with Crippen LogP contribution in [0, 0.1) is 0 Å². The van der Waals surface area contributed by atoms with Crippen LogP contribution in [-0.2, 0) is 6.42 Å². The fourth-order valence-corrected chi connectivity index (χ4v) is 1.66. The van der Waals surface area contributed by atoms with Gasteiger partial charge in [-0.25, -0.2) is 4.98 Å². The van der Waals surface area contributed by atoms with Crippen LogP contribution in [0.1, 0.15) is 5.89 Å². The quantitative estimate of drug-likeness (QED) is 0.779. The van der Waals surface area contributed by atoms with E-state index in [2.05, 4.69) is 9.72 Å². The molecule has 0 atom stereocenters. The molecular formula is C12H10ClF2NO2. The van der Waals surface area contributed by atoms with E-state index >= 15 is 0 Å². The zero-order valence-corrected chi connectivity index (χ0v) is 10.0. The van der Waals surface area contributed by atoms with Gasteiger partial charge in [-0.05, 0) is 12.1 Å². The van der Waals surface area contributed by atoms with E-state index in [9.17, 15) is 8.78 Å². The minimum absolute atomic E-state index is 0.0565. The van der Waals surface area contributed by atoms with Crippen LogP contribution >= 0.6 is 11.6 Å². The van der Waals surface area contributed by atoms with Crippen molar-refractivity contribution in [3.8, 4) is 17.1 Å². The highest BCUT2D eigenvalue weighted by Gasteiger charge is 2.14. The normalized spacial score (nSPS) is 10.9. The van der Waals surface area contributed by atoms with Crippen LogP contribution in [0.3, 0.4) is 0 Å². The third kappa shape index (κ3) is 2.98. The number of nitrogens with zero attached hydrogens (tertiary/aromatic N) is 1. The molecular weight excluding hydrogens is 264 g/mol. The third-order valence-electron chi connectivity index (χ3n) is 2.23. The molecule has 2 rings (SSSR count). The SMILES string of the molecule is FC(F)Oc1ccccc1-c1cnc(CCCl)o1. The number of rotatable bonds is 5. The summed E-state index contributed by atoms with van der Waals surface area (Å²) >= 11 is 5.57. The Hall–Kier alpha value is -1.62. The van der Waals surface area contributed by atoms with Crippen molar-refractivity contribution in [1.29, 1.82) is 0 Å². The highest BCUT2D eigenvalue weighted by Crippen LogP contribution is 2.31. The van der Waals surface area contributed by atoms with Crippen molar-refractivity contribution in [2.24, 2.45) is 0 Å². The summed E-state index contributed by atoms with van der Waals surface area (Å²) in [6, 6.07) is 6.39. The lowest BCUT2D eigenvalue weighted by molar-refractivity contribution is -0.0495. The molecule has 1 heterocycles. The molecule has 0 aliphatic heterocycles. The van der Waals surface area contributed by atoms with Crippen LogP contribution in [-0.4, -0.2) is 17.5 Å². The first-order valence-corrected chi connectivity index (χ1v) is 5.79. The Bertz CT molecular complexity index is 516. The topological polar surface area (TPSA) is 35.3 Å². The fourth-order valence-electron chi connectivity index (χ4n) is 1.50. The molecule has 0 radical (unpaired) electrons. The number of hydrogen-bond acceptors (Lipinski definition) is 3. The Morgan fingerprint density at radius 3 is 2.83 bits per heavy atom. The number of halogens is 3. The molecule has 0 aliphatic rings. The second kappa shape index (κ2) is 5.82. The van der Waals surface area contributed by atoms with Crippen molar-refractivity contribution in [3.63, 3.8) is 0 Å². The first kappa shape index (κ1) is 12.8. The number of ether oxygens (including phenoxy) is 1. The molecule has 1 aromatic heterocycles. The number of para-hydroxylation sites is 1. The van der Waals surface area contributed by atoms with Crippen molar-refractivity contribution >= 4 is 11.6 Å². The largest absolute Gasteiger partial charge is 0.441 e. The molecule has 0 saturated carbocycles. The summed E-state index contributed by atoms with van der Waals surface area (Å²) in [5, 5.41) is 0. The minimum Gasteiger partial charge on any atom is -0.441 e. The van der Waals surface area contributed by atoms with E-state index in [1.807, 2.05) is 0 Å². The number of oxazole rings is 1. The van der Waals surface area contributed by atoms with Crippen LogP contribution in [0.5, 0.6) is 5.75 Å². The summed E-state index contributed by atoms with van der Waals surface area (Å²) in [5.41, 5.74) is 0.436. The maximum Gasteiger partial charge on any atom is 0.387 e.